The van der Waals surface area contributed by atoms with Crippen molar-refractivity contribution < 1.29 is 22.5 Å². The first kappa shape index (κ1) is 46.7. The quantitative estimate of drug-likeness (QED) is 0.0629. The van der Waals surface area contributed by atoms with Gasteiger partial charge >= 0.3 is 159 Å². The van der Waals surface area contributed by atoms with Crippen LogP contribution in [0.3, 0.4) is 0 Å². The van der Waals surface area contributed by atoms with E-state index >= 15 is 0 Å². The summed E-state index contributed by atoms with van der Waals surface area (Å²) in [6, 6.07) is 76.8. The molecule has 313 valence electrons. The van der Waals surface area contributed by atoms with Crippen molar-refractivity contribution >= 4 is 47.7 Å². The number of rotatable bonds is 8. The van der Waals surface area contributed by atoms with Crippen LogP contribution in [0.25, 0.3) is 11.4 Å². The van der Waals surface area contributed by atoms with Crippen molar-refractivity contribution in [1.29, 1.82) is 0 Å². The van der Waals surface area contributed by atoms with Crippen LogP contribution in [-0.2, 0) is 22.5 Å². The van der Waals surface area contributed by atoms with E-state index in [-0.39, 0.29) is 0 Å². The molecule has 0 aliphatic carbocycles. The number of benzene rings is 8. The van der Waals surface area contributed by atoms with Gasteiger partial charge in [-0.1, -0.05) is 182 Å². The van der Waals surface area contributed by atoms with Gasteiger partial charge in [0.1, 0.15) is 0 Å². The second-order valence-electron chi connectivity index (χ2n) is 14.9. The fourth-order valence-electron chi connectivity index (χ4n) is 7.61. The van der Waals surface area contributed by atoms with Gasteiger partial charge in [0.25, 0.3) is 0 Å². The third-order valence-electron chi connectivity index (χ3n) is 10.2. The minimum atomic E-state index is -0.446. The van der Waals surface area contributed by atoms with Gasteiger partial charge in [0.05, 0.1) is 0 Å². The average Bonchev–Trinajstić information content (AvgIpc) is 3.69. The molecular formula is C57H51N2OP2Ru. The van der Waals surface area contributed by atoms with Crippen LogP contribution in [0, 0.1) is 51.3 Å². The Morgan fingerprint density at radius 3 is 1.00 bits per heavy atom. The molecule has 0 spiro atoms. The molecule has 63 heavy (non-hydrogen) atoms. The van der Waals surface area contributed by atoms with E-state index in [2.05, 4.69) is 287 Å². The van der Waals surface area contributed by atoms with Gasteiger partial charge < -0.3 is 0 Å². The number of nitrogens with zero attached hydrogens (tertiary/aromatic N) is 2. The summed E-state index contributed by atoms with van der Waals surface area (Å²) in [7, 11) is -0.892. The van der Waals surface area contributed by atoms with Crippen molar-refractivity contribution in [3.63, 3.8) is 0 Å². The standard InChI is InChI=1S/C20H21N2.2C18H15P.CO.Ru/c1-14-6-7-19(16(3)10-14)21-8-9-22(13-21)20-17(4)11-15(2)12-18(20)5;2*1-4-10-16(11-5-1)19(17-12-6-2-7-13-17)18-14-8-3-9-15-18;1-2;/h6,8-12H,1-5H3;2*1-15H;;/q-1;;;;+1. The molecule has 8 aromatic carbocycles. The summed E-state index contributed by atoms with van der Waals surface area (Å²) < 4.78 is 13.0. The van der Waals surface area contributed by atoms with Crippen LogP contribution in [0.15, 0.2) is 219 Å². The SMILES string of the molecule is Cc1c[c-]c(-n2ccn(-c3c(C)cc(C)cc3C)[c]2=[Ru+])c(C)c1.[C-]#[O+].c1ccc(P(c2ccccc2)c2ccccc2)cc1.c1ccc(P(c2ccccc2)c2ccccc2)cc1. The van der Waals surface area contributed by atoms with Crippen molar-refractivity contribution in [2.24, 2.45) is 0 Å². The first-order valence-electron chi connectivity index (χ1n) is 20.7. The van der Waals surface area contributed by atoms with Crippen LogP contribution in [0.1, 0.15) is 27.8 Å². The summed E-state index contributed by atoms with van der Waals surface area (Å²) in [5.41, 5.74) is 8.72. The Hall–Kier alpha value is -5.81. The zero-order valence-corrected chi connectivity index (χ0v) is 39.9. The predicted octanol–water partition coefficient (Wildman–Crippen LogP) is 11.5. The smallest absolute Gasteiger partial charge is 0.0134 e. The Kier molecular flexibility index (Phi) is 17.5. The van der Waals surface area contributed by atoms with Crippen LogP contribution in [0.2, 0.25) is 0 Å². The Labute approximate surface area is 386 Å². The Morgan fingerprint density at radius 1 is 0.413 bits per heavy atom. The molecule has 0 N–H and O–H groups in total. The summed E-state index contributed by atoms with van der Waals surface area (Å²) in [6.45, 7) is 15.2. The molecular weight excluding hydrogens is 892 g/mol. The first-order valence-corrected chi connectivity index (χ1v) is 24.3. The van der Waals surface area contributed by atoms with Gasteiger partial charge in [0.2, 0.25) is 0 Å². The van der Waals surface area contributed by atoms with E-state index in [4.69, 9.17) is 4.65 Å². The van der Waals surface area contributed by atoms with E-state index in [1.165, 1.54) is 65.3 Å². The van der Waals surface area contributed by atoms with Crippen molar-refractivity contribution in [2.75, 3.05) is 0 Å². The van der Waals surface area contributed by atoms with Crippen LogP contribution in [0.5, 0.6) is 0 Å². The van der Waals surface area contributed by atoms with Gasteiger partial charge in [-0.25, -0.2) is 0 Å². The average molecular weight is 943 g/mol. The molecule has 1 heterocycles. The summed E-state index contributed by atoms with van der Waals surface area (Å²) in [6.07, 6.45) is 4.24. The van der Waals surface area contributed by atoms with Crippen LogP contribution in [-0.4, -0.2) is 9.13 Å². The second-order valence-corrected chi connectivity index (χ2v) is 20.2. The van der Waals surface area contributed by atoms with E-state index in [1.54, 1.807) is 0 Å². The largest absolute Gasteiger partial charge is 0.0622 e. The molecule has 9 rings (SSSR count). The zero-order chi connectivity index (χ0) is 44.6. The summed E-state index contributed by atoms with van der Waals surface area (Å²) in [4.78, 5) is 0. The molecule has 0 bridgehead atoms. The Morgan fingerprint density at radius 2 is 0.698 bits per heavy atom. The minimum Gasteiger partial charge on any atom is -0.0622 e. The van der Waals surface area contributed by atoms with E-state index < -0.39 is 15.8 Å². The van der Waals surface area contributed by atoms with Crippen molar-refractivity contribution in [3.8, 4) is 11.4 Å². The molecule has 0 radical (unpaired) electrons. The molecule has 6 heteroatoms. The first-order chi connectivity index (χ1) is 30.8. The molecule has 0 unspecified atom stereocenters. The maximum atomic E-state index is 7.50. The number of imidazole rings is 1. The summed E-state index contributed by atoms with van der Waals surface area (Å²) in [5.74, 6) is 0. The Balaban J connectivity index is 0.000000155. The van der Waals surface area contributed by atoms with E-state index in [0.717, 1.165) is 9.70 Å². The third-order valence-corrected chi connectivity index (χ3v) is 15.9. The minimum absolute atomic E-state index is 0.446. The van der Waals surface area contributed by atoms with Crippen molar-refractivity contribution in [1.82, 2.24) is 9.13 Å². The molecule has 9 aromatic rings. The maximum absolute atomic E-state index is 7.50. The summed E-state index contributed by atoms with van der Waals surface area (Å²) in [5, 5.41) is 8.39. The molecule has 1 aromatic heterocycles. The summed E-state index contributed by atoms with van der Waals surface area (Å²) >= 11 is 2.76. The van der Waals surface area contributed by atoms with Gasteiger partial charge in [-0.15, -0.1) is 0 Å². The molecule has 3 nitrogen and oxygen atoms in total. The van der Waals surface area contributed by atoms with Gasteiger partial charge in [-0.3, -0.25) is 0 Å². The van der Waals surface area contributed by atoms with Gasteiger partial charge in [-0.2, -0.15) is 0 Å². The van der Waals surface area contributed by atoms with Crippen molar-refractivity contribution in [2.45, 2.75) is 34.6 Å². The molecule has 0 saturated carbocycles. The van der Waals surface area contributed by atoms with E-state index in [0.29, 0.717) is 0 Å². The molecule has 0 saturated heterocycles. The number of aryl methyl sites for hydroxylation is 5. The fourth-order valence-corrected chi connectivity index (χ4v) is 12.9. The topological polar surface area (TPSA) is 29.8 Å². The van der Waals surface area contributed by atoms with Gasteiger partial charge in [0, 0.05) is 0 Å². The van der Waals surface area contributed by atoms with Gasteiger partial charge in [-0.05, 0) is 47.7 Å². The Bertz CT molecular complexity index is 2530. The molecule has 0 fully saturated rings. The van der Waals surface area contributed by atoms with Crippen molar-refractivity contribution in [3.05, 3.63) is 263 Å². The number of hydrogen-bond donors (Lipinski definition) is 0. The van der Waals surface area contributed by atoms with Crippen LogP contribution in [0.4, 0.5) is 0 Å². The third kappa shape index (κ3) is 12.2. The van der Waals surface area contributed by atoms with Gasteiger partial charge in [0.15, 0.2) is 0 Å². The number of hydrogen-bond acceptors (Lipinski definition) is 0. The van der Waals surface area contributed by atoms with E-state index in [9.17, 15) is 0 Å². The van der Waals surface area contributed by atoms with Crippen LogP contribution >= 0.6 is 15.8 Å². The zero-order valence-electron chi connectivity index (χ0n) is 36.3. The number of aromatic nitrogens is 2. The van der Waals surface area contributed by atoms with Crippen LogP contribution < -0.4 is 31.8 Å². The maximum Gasteiger partial charge on any atom is -0.0134 e. The normalized spacial score (nSPS) is 10.4. The predicted molar refractivity (Wildman–Crippen MR) is 265 cm³/mol. The second kappa shape index (κ2) is 23.6. The molecule has 0 aliphatic rings. The fraction of sp³-hybridized carbons (Fsp3) is 0.0877. The van der Waals surface area contributed by atoms with E-state index in [1.807, 2.05) is 6.07 Å². The molecule has 0 amide bonds. The molecule has 0 aliphatic heterocycles. The monoisotopic (exact) mass is 943 g/mol. The molecule has 0 atom stereocenters.